The topological polar surface area (TPSA) is 94.1 Å². The van der Waals surface area contributed by atoms with Gasteiger partial charge in [0.2, 0.25) is 0 Å². The van der Waals surface area contributed by atoms with Crippen molar-refractivity contribution in [2.75, 3.05) is 26.9 Å². The number of nitrogens with one attached hydrogen (secondary N) is 1. The van der Waals surface area contributed by atoms with E-state index in [0.29, 0.717) is 22.6 Å². The Labute approximate surface area is 169 Å². The first-order chi connectivity index (χ1) is 14.0. The summed E-state index contributed by atoms with van der Waals surface area (Å²) in [5, 5.41) is 11.6. The summed E-state index contributed by atoms with van der Waals surface area (Å²) in [7, 11) is 1.53. The van der Waals surface area contributed by atoms with Gasteiger partial charge in [0.1, 0.15) is 24.2 Å². The second-order valence-corrected chi connectivity index (χ2v) is 6.69. The Morgan fingerprint density at radius 1 is 1.24 bits per heavy atom. The minimum Gasteiger partial charge on any atom is -0.491 e. The number of fused-ring (bicyclic) bond motifs is 1. The average Bonchev–Trinajstić information content (AvgIpc) is 3.07. The first-order valence-corrected chi connectivity index (χ1v) is 9.57. The van der Waals surface area contributed by atoms with Crippen LogP contribution in [0.4, 0.5) is 0 Å². The van der Waals surface area contributed by atoms with Crippen LogP contribution in [0, 0.1) is 0 Å². The van der Waals surface area contributed by atoms with Crippen LogP contribution in [-0.2, 0) is 4.74 Å². The zero-order valence-electron chi connectivity index (χ0n) is 16.7. The van der Waals surface area contributed by atoms with Gasteiger partial charge in [0.15, 0.2) is 0 Å². The molecule has 0 bridgehead atoms. The summed E-state index contributed by atoms with van der Waals surface area (Å²) in [5.74, 6) is 0.0846. The van der Waals surface area contributed by atoms with Gasteiger partial charge in [-0.25, -0.2) is 4.79 Å². The number of aliphatic hydroxyl groups is 1. The lowest BCUT2D eigenvalue weighted by Crippen LogP contribution is -2.20. The smallest absolute Gasteiger partial charge is 0.338 e. The molecule has 0 fully saturated rings. The molecule has 154 valence electrons. The van der Waals surface area contributed by atoms with Crippen molar-refractivity contribution in [3.05, 3.63) is 58.7 Å². The molecule has 1 aliphatic heterocycles. The Kier molecular flexibility index (Phi) is 6.39. The molecular weight excluding hydrogens is 374 g/mol. The number of aliphatic hydroxyl groups excluding tert-OH is 1. The van der Waals surface area contributed by atoms with Crippen molar-refractivity contribution in [3.8, 4) is 11.5 Å². The molecule has 0 radical (unpaired) electrons. The third-order valence-electron chi connectivity index (χ3n) is 4.79. The number of rotatable bonds is 7. The molecule has 7 nitrogen and oxygen atoms in total. The number of benzene rings is 2. The molecule has 1 aliphatic rings. The summed E-state index contributed by atoms with van der Waals surface area (Å²) in [5.41, 5.74) is 2.28. The molecule has 0 aliphatic carbocycles. The molecule has 3 rings (SSSR count). The highest BCUT2D eigenvalue weighted by molar-refractivity contribution is 6.01. The van der Waals surface area contributed by atoms with E-state index in [1.807, 2.05) is 31.2 Å². The highest BCUT2D eigenvalue weighted by Crippen LogP contribution is 2.45. The SMILES string of the molecule is CCOC(=O)c1cc(C(=O)NC)c2c(c1)[C@H](c1cccc(OCCO)c1)[C@@H](C)O2. The molecule has 2 atom stereocenters. The number of esters is 1. The lowest BCUT2D eigenvalue weighted by atomic mass is 9.87. The molecule has 29 heavy (non-hydrogen) atoms. The van der Waals surface area contributed by atoms with Crippen molar-refractivity contribution in [3.63, 3.8) is 0 Å². The fourth-order valence-electron chi connectivity index (χ4n) is 3.57. The summed E-state index contributed by atoms with van der Waals surface area (Å²) in [4.78, 5) is 24.8. The number of ether oxygens (including phenoxy) is 3. The van der Waals surface area contributed by atoms with Gasteiger partial charge >= 0.3 is 5.97 Å². The summed E-state index contributed by atoms with van der Waals surface area (Å²) in [6.45, 7) is 4.02. The lowest BCUT2D eigenvalue weighted by molar-refractivity contribution is 0.0526. The van der Waals surface area contributed by atoms with Gasteiger partial charge in [-0.15, -0.1) is 0 Å². The van der Waals surface area contributed by atoms with Crippen LogP contribution in [0.25, 0.3) is 0 Å². The number of hydrogen-bond acceptors (Lipinski definition) is 6. The standard InChI is InChI=1S/C22H25NO6/c1-4-27-22(26)15-11-17-19(14-6-5-7-16(10-14)28-9-8-24)13(2)29-20(17)18(12-15)21(25)23-3/h5-7,10-13,19,24H,4,8-9H2,1-3H3,(H,23,25)/t13-,19+/m1/s1. The molecule has 0 spiro atoms. The largest absolute Gasteiger partial charge is 0.491 e. The minimum atomic E-state index is -0.487. The molecule has 2 aromatic carbocycles. The van der Waals surface area contributed by atoms with Crippen LogP contribution >= 0.6 is 0 Å². The van der Waals surface area contributed by atoms with E-state index >= 15 is 0 Å². The van der Waals surface area contributed by atoms with Crippen LogP contribution in [0.5, 0.6) is 11.5 Å². The summed E-state index contributed by atoms with van der Waals surface area (Å²) in [6.07, 6.45) is -0.251. The molecule has 7 heteroatoms. The van der Waals surface area contributed by atoms with E-state index in [9.17, 15) is 9.59 Å². The van der Waals surface area contributed by atoms with E-state index in [2.05, 4.69) is 5.32 Å². The van der Waals surface area contributed by atoms with Crippen LogP contribution in [0.15, 0.2) is 36.4 Å². The number of amides is 1. The molecule has 2 aromatic rings. The van der Waals surface area contributed by atoms with Crippen molar-refractivity contribution >= 4 is 11.9 Å². The quantitative estimate of drug-likeness (QED) is 0.695. The van der Waals surface area contributed by atoms with Gasteiger partial charge in [-0.2, -0.15) is 0 Å². The maximum absolute atomic E-state index is 12.4. The fourth-order valence-corrected chi connectivity index (χ4v) is 3.57. The maximum Gasteiger partial charge on any atom is 0.338 e. The Bertz CT molecular complexity index is 910. The minimum absolute atomic E-state index is 0.0750. The highest BCUT2D eigenvalue weighted by Gasteiger charge is 2.37. The van der Waals surface area contributed by atoms with Crippen LogP contribution in [-0.4, -0.2) is 50.0 Å². The zero-order chi connectivity index (χ0) is 21.0. The number of hydrogen-bond donors (Lipinski definition) is 2. The third-order valence-corrected chi connectivity index (χ3v) is 4.79. The first kappa shape index (κ1) is 20.7. The van der Waals surface area contributed by atoms with Gasteiger partial charge in [0.25, 0.3) is 5.91 Å². The van der Waals surface area contributed by atoms with E-state index in [-0.39, 0.29) is 37.7 Å². The molecule has 0 unspecified atom stereocenters. The van der Waals surface area contributed by atoms with Crippen molar-refractivity contribution in [1.29, 1.82) is 0 Å². The normalized spacial score (nSPS) is 17.2. The number of carbonyl (C=O) groups excluding carboxylic acids is 2. The second-order valence-electron chi connectivity index (χ2n) is 6.69. The molecule has 1 heterocycles. The Balaban J connectivity index is 2.09. The van der Waals surface area contributed by atoms with E-state index in [1.165, 1.54) is 13.1 Å². The van der Waals surface area contributed by atoms with Gasteiger partial charge in [-0.05, 0) is 43.7 Å². The Hall–Kier alpha value is -3.06. The fraction of sp³-hybridized carbons (Fsp3) is 0.364. The van der Waals surface area contributed by atoms with Crippen LogP contribution in [0.2, 0.25) is 0 Å². The molecule has 0 saturated carbocycles. The van der Waals surface area contributed by atoms with E-state index < -0.39 is 5.97 Å². The van der Waals surface area contributed by atoms with Crippen molar-refractivity contribution < 1.29 is 28.9 Å². The van der Waals surface area contributed by atoms with Crippen LogP contribution in [0.1, 0.15) is 51.6 Å². The lowest BCUT2D eigenvalue weighted by Gasteiger charge is -2.17. The molecule has 1 amide bonds. The van der Waals surface area contributed by atoms with E-state index in [1.54, 1.807) is 13.0 Å². The summed E-state index contributed by atoms with van der Waals surface area (Å²) >= 11 is 0. The summed E-state index contributed by atoms with van der Waals surface area (Å²) < 4.78 is 16.7. The zero-order valence-corrected chi connectivity index (χ0v) is 16.7. The van der Waals surface area contributed by atoms with E-state index in [0.717, 1.165) is 11.1 Å². The Morgan fingerprint density at radius 2 is 2.03 bits per heavy atom. The first-order valence-electron chi connectivity index (χ1n) is 9.57. The van der Waals surface area contributed by atoms with Crippen LogP contribution < -0.4 is 14.8 Å². The van der Waals surface area contributed by atoms with Crippen molar-refractivity contribution in [1.82, 2.24) is 5.32 Å². The summed E-state index contributed by atoms with van der Waals surface area (Å²) in [6, 6.07) is 10.7. The monoisotopic (exact) mass is 399 g/mol. The Morgan fingerprint density at radius 3 is 2.72 bits per heavy atom. The third kappa shape index (κ3) is 4.19. The van der Waals surface area contributed by atoms with Gasteiger partial charge in [-0.3, -0.25) is 4.79 Å². The molecule has 0 saturated heterocycles. The molecular formula is C22H25NO6. The maximum atomic E-state index is 12.4. The second kappa shape index (κ2) is 8.96. The van der Waals surface area contributed by atoms with Gasteiger partial charge < -0.3 is 24.6 Å². The van der Waals surface area contributed by atoms with Crippen molar-refractivity contribution in [2.45, 2.75) is 25.9 Å². The number of carbonyl (C=O) groups is 2. The predicted molar refractivity (Wildman–Crippen MR) is 107 cm³/mol. The van der Waals surface area contributed by atoms with E-state index in [4.69, 9.17) is 19.3 Å². The highest BCUT2D eigenvalue weighted by atomic mass is 16.5. The van der Waals surface area contributed by atoms with Crippen molar-refractivity contribution in [2.24, 2.45) is 0 Å². The van der Waals surface area contributed by atoms with Gasteiger partial charge in [0.05, 0.1) is 24.3 Å². The van der Waals surface area contributed by atoms with Crippen LogP contribution in [0.3, 0.4) is 0 Å². The van der Waals surface area contributed by atoms with Gasteiger partial charge in [0, 0.05) is 18.5 Å². The predicted octanol–water partition coefficient (Wildman–Crippen LogP) is 2.51. The molecule has 0 aromatic heterocycles. The molecule has 2 N–H and O–H groups in total. The van der Waals surface area contributed by atoms with Gasteiger partial charge in [-0.1, -0.05) is 12.1 Å². The average molecular weight is 399 g/mol.